The summed E-state index contributed by atoms with van der Waals surface area (Å²) in [5, 5.41) is 17.1. The largest absolute Gasteiger partial charge is 0.387 e. The minimum atomic E-state index is -0.589. The van der Waals surface area contributed by atoms with Crippen LogP contribution >= 0.6 is 23.5 Å². The van der Waals surface area contributed by atoms with Gasteiger partial charge in [-0.25, -0.2) is 0 Å². The number of thioether (sulfide) groups is 2. The number of nitrogens with zero attached hydrogens (tertiary/aromatic N) is 1. The van der Waals surface area contributed by atoms with E-state index in [1.54, 1.807) is 0 Å². The van der Waals surface area contributed by atoms with Gasteiger partial charge in [-0.2, -0.15) is 23.5 Å². The summed E-state index contributed by atoms with van der Waals surface area (Å²) in [7, 11) is 0. The van der Waals surface area contributed by atoms with Gasteiger partial charge in [0.2, 0.25) is 0 Å². The van der Waals surface area contributed by atoms with Crippen molar-refractivity contribution in [1.29, 1.82) is 0 Å². The summed E-state index contributed by atoms with van der Waals surface area (Å²) in [6.07, 6.45) is 3.36. The molecule has 4 nitrogen and oxygen atoms in total. The number of aliphatic imine (C=N–C) groups is 1. The molecule has 0 bridgehead atoms. The van der Waals surface area contributed by atoms with Gasteiger partial charge in [0.1, 0.15) is 0 Å². The fourth-order valence-corrected chi connectivity index (χ4v) is 4.67. The topological polar surface area (TPSA) is 56.7 Å². The summed E-state index contributed by atoms with van der Waals surface area (Å²) in [6.45, 7) is 3.45. The Labute approximate surface area is 124 Å². The van der Waals surface area contributed by atoms with Crippen molar-refractivity contribution in [3.05, 3.63) is 0 Å². The average molecular weight is 303 g/mol. The van der Waals surface area contributed by atoms with Gasteiger partial charge >= 0.3 is 0 Å². The lowest BCUT2D eigenvalue weighted by Gasteiger charge is -2.25. The van der Waals surface area contributed by atoms with Crippen LogP contribution in [0.3, 0.4) is 0 Å². The summed E-state index contributed by atoms with van der Waals surface area (Å²) in [5.74, 6) is 5.16. The molecule has 2 fully saturated rings. The van der Waals surface area contributed by atoms with E-state index in [4.69, 9.17) is 0 Å². The van der Waals surface area contributed by atoms with Crippen LogP contribution in [0.1, 0.15) is 26.2 Å². The van der Waals surface area contributed by atoms with Gasteiger partial charge in [0.25, 0.3) is 0 Å². The highest BCUT2D eigenvalue weighted by Gasteiger charge is 2.31. The molecule has 0 aliphatic carbocycles. The van der Waals surface area contributed by atoms with Gasteiger partial charge in [-0.05, 0) is 37.7 Å². The molecule has 0 aromatic heterocycles. The Morgan fingerprint density at radius 3 is 2.95 bits per heavy atom. The molecule has 2 heterocycles. The highest BCUT2D eigenvalue weighted by atomic mass is 32.2. The van der Waals surface area contributed by atoms with Crippen molar-refractivity contribution in [1.82, 2.24) is 10.6 Å². The molecule has 0 spiro atoms. The Bertz CT molecular complexity index is 300. The Morgan fingerprint density at radius 1 is 1.42 bits per heavy atom. The molecule has 0 aromatic carbocycles. The molecular formula is C13H25N3OS2. The van der Waals surface area contributed by atoms with E-state index in [2.05, 4.69) is 22.5 Å². The predicted octanol–water partition coefficient (Wildman–Crippen LogP) is 1.31. The third-order valence-corrected chi connectivity index (χ3v) is 5.91. The van der Waals surface area contributed by atoms with Crippen molar-refractivity contribution in [2.24, 2.45) is 4.99 Å². The Balaban J connectivity index is 1.86. The third-order valence-electron chi connectivity index (χ3n) is 3.46. The molecule has 2 atom stereocenters. The van der Waals surface area contributed by atoms with Crippen molar-refractivity contribution in [3.8, 4) is 0 Å². The van der Waals surface area contributed by atoms with Crippen molar-refractivity contribution in [2.75, 3.05) is 36.1 Å². The molecule has 2 aliphatic rings. The summed E-state index contributed by atoms with van der Waals surface area (Å²) >= 11 is 3.83. The van der Waals surface area contributed by atoms with Crippen LogP contribution in [-0.4, -0.2) is 58.8 Å². The monoisotopic (exact) mass is 303 g/mol. The third kappa shape index (κ3) is 5.08. The molecule has 2 aliphatic heterocycles. The number of aliphatic hydroxyl groups is 1. The van der Waals surface area contributed by atoms with Gasteiger partial charge in [0.05, 0.1) is 12.1 Å². The Hall–Kier alpha value is -0.0700. The second kappa shape index (κ2) is 7.64. The fourth-order valence-electron chi connectivity index (χ4n) is 2.32. The van der Waals surface area contributed by atoms with Crippen LogP contribution in [0.25, 0.3) is 0 Å². The molecule has 0 radical (unpaired) electrons. The van der Waals surface area contributed by atoms with Crippen LogP contribution in [0.2, 0.25) is 0 Å². The SMILES string of the molecule is CCNC(=NCC1(O)CCSC1)NC1CCCSC1. The first-order valence-corrected chi connectivity index (χ1v) is 9.45. The molecule has 19 heavy (non-hydrogen) atoms. The molecule has 0 saturated carbocycles. The van der Waals surface area contributed by atoms with E-state index in [-0.39, 0.29) is 0 Å². The fraction of sp³-hybridized carbons (Fsp3) is 0.923. The van der Waals surface area contributed by atoms with Crippen molar-refractivity contribution >= 4 is 29.5 Å². The summed E-state index contributed by atoms with van der Waals surface area (Å²) in [5.41, 5.74) is -0.589. The smallest absolute Gasteiger partial charge is 0.191 e. The molecule has 110 valence electrons. The standard InChI is InChI=1S/C13H25N3OS2/c1-2-14-12(16-11-4-3-6-18-8-11)15-9-13(17)5-7-19-10-13/h11,17H,2-10H2,1H3,(H2,14,15,16). The maximum Gasteiger partial charge on any atom is 0.191 e. The molecule has 6 heteroatoms. The zero-order valence-corrected chi connectivity index (χ0v) is 13.3. The minimum Gasteiger partial charge on any atom is -0.387 e. The van der Waals surface area contributed by atoms with Crippen LogP contribution < -0.4 is 10.6 Å². The molecule has 0 aromatic rings. The lowest BCUT2D eigenvalue weighted by Crippen LogP contribution is -2.46. The number of nitrogens with one attached hydrogen (secondary N) is 2. The van der Waals surface area contributed by atoms with Gasteiger partial charge in [0.15, 0.2) is 5.96 Å². The van der Waals surface area contributed by atoms with E-state index in [0.717, 1.165) is 36.2 Å². The van der Waals surface area contributed by atoms with Crippen molar-refractivity contribution in [2.45, 2.75) is 37.8 Å². The molecular weight excluding hydrogens is 278 g/mol. The Morgan fingerprint density at radius 2 is 2.32 bits per heavy atom. The zero-order valence-electron chi connectivity index (χ0n) is 11.7. The Kier molecular flexibility index (Phi) is 6.16. The van der Waals surface area contributed by atoms with Crippen LogP contribution in [0, 0.1) is 0 Å². The van der Waals surface area contributed by atoms with E-state index < -0.39 is 5.60 Å². The minimum absolute atomic E-state index is 0.509. The molecule has 2 rings (SSSR count). The summed E-state index contributed by atoms with van der Waals surface area (Å²) in [4.78, 5) is 4.58. The van der Waals surface area contributed by atoms with E-state index in [9.17, 15) is 5.11 Å². The maximum atomic E-state index is 10.3. The second-order valence-electron chi connectivity index (χ2n) is 5.28. The lowest BCUT2D eigenvalue weighted by molar-refractivity contribution is 0.0778. The zero-order chi connectivity index (χ0) is 13.6. The summed E-state index contributed by atoms with van der Waals surface area (Å²) < 4.78 is 0. The van der Waals surface area contributed by atoms with Crippen LogP contribution in [0.4, 0.5) is 0 Å². The first-order chi connectivity index (χ1) is 9.22. The molecule has 3 N–H and O–H groups in total. The summed E-state index contributed by atoms with van der Waals surface area (Å²) in [6, 6.07) is 0.518. The highest BCUT2D eigenvalue weighted by Crippen LogP contribution is 2.27. The number of rotatable bonds is 4. The highest BCUT2D eigenvalue weighted by molar-refractivity contribution is 7.99. The van der Waals surface area contributed by atoms with E-state index in [1.165, 1.54) is 18.6 Å². The van der Waals surface area contributed by atoms with E-state index in [1.807, 2.05) is 23.5 Å². The first-order valence-electron chi connectivity index (χ1n) is 7.14. The number of hydrogen-bond donors (Lipinski definition) is 3. The normalized spacial score (nSPS) is 32.3. The number of hydrogen-bond acceptors (Lipinski definition) is 4. The first kappa shape index (κ1) is 15.3. The lowest BCUT2D eigenvalue weighted by atomic mass is 10.0. The van der Waals surface area contributed by atoms with Crippen LogP contribution in [-0.2, 0) is 0 Å². The predicted molar refractivity (Wildman–Crippen MR) is 86.4 cm³/mol. The van der Waals surface area contributed by atoms with Crippen LogP contribution in [0.5, 0.6) is 0 Å². The van der Waals surface area contributed by atoms with Gasteiger partial charge in [-0.3, -0.25) is 4.99 Å². The average Bonchev–Trinajstić information content (AvgIpc) is 2.85. The van der Waals surface area contributed by atoms with Crippen molar-refractivity contribution in [3.63, 3.8) is 0 Å². The molecule has 2 unspecified atom stereocenters. The van der Waals surface area contributed by atoms with E-state index in [0.29, 0.717) is 12.6 Å². The molecule has 0 amide bonds. The van der Waals surface area contributed by atoms with Crippen molar-refractivity contribution < 1.29 is 5.11 Å². The second-order valence-corrected chi connectivity index (χ2v) is 7.54. The van der Waals surface area contributed by atoms with Gasteiger partial charge in [-0.15, -0.1) is 0 Å². The van der Waals surface area contributed by atoms with Gasteiger partial charge < -0.3 is 15.7 Å². The van der Waals surface area contributed by atoms with E-state index >= 15 is 0 Å². The van der Waals surface area contributed by atoms with Gasteiger partial charge in [0, 0.05) is 24.1 Å². The number of guanidine groups is 1. The van der Waals surface area contributed by atoms with Crippen LogP contribution in [0.15, 0.2) is 4.99 Å². The maximum absolute atomic E-state index is 10.3. The quantitative estimate of drug-likeness (QED) is 0.540. The van der Waals surface area contributed by atoms with Gasteiger partial charge in [-0.1, -0.05) is 0 Å². The molecule has 2 saturated heterocycles.